The predicted octanol–water partition coefficient (Wildman–Crippen LogP) is 1.58. The molecule has 0 saturated carbocycles. The Balaban J connectivity index is 3.62. The van der Waals surface area contributed by atoms with Crippen LogP contribution in [0.25, 0.3) is 0 Å². The van der Waals surface area contributed by atoms with Gasteiger partial charge in [-0.1, -0.05) is 0 Å². The molecule has 1 aromatic rings. The molecule has 0 saturated heterocycles. The maximum absolute atomic E-state index is 12.6. The summed E-state index contributed by atoms with van der Waals surface area (Å²) in [4.78, 5) is 3.43. The predicted molar refractivity (Wildman–Crippen MR) is 58.0 cm³/mol. The first-order valence-corrected chi connectivity index (χ1v) is 6.33. The Morgan fingerprint density at radius 1 is 1.53 bits per heavy atom. The van der Waals surface area contributed by atoms with Crippen molar-refractivity contribution in [2.75, 3.05) is 0 Å². The number of rotatable bonds is 2. The summed E-state index contributed by atoms with van der Waals surface area (Å²) in [5.41, 5.74) is -0.142. The minimum absolute atomic E-state index is 0.168. The lowest BCUT2D eigenvalue weighted by atomic mass is 10.2. The number of nitrogens with zero attached hydrogens (tertiary/aromatic N) is 1. The van der Waals surface area contributed by atoms with E-state index in [0.29, 0.717) is 5.56 Å². The third kappa shape index (κ3) is 2.61. The molecule has 15 heavy (non-hydrogen) atoms. The number of hydrogen-bond donors (Lipinski definition) is 1. The molecular formula is C7H7F2IN2O2S. The summed E-state index contributed by atoms with van der Waals surface area (Å²) in [5.74, 6) is 0. The monoisotopic (exact) mass is 348 g/mol. The average molecular weight is 348 g/mol. The molecular weight excluding hydrogens is 341 g/mol. The lowest BCUT2D eigenvalue weighted by molar-refractivity contribution is 0.146. The van der Waals surface area contributed by atoms with Gasteiger partial charge >= 0.3 is 0 Å². The number of hydrogen-bond acceptors (Lipinski definition) is 3. The summed E-state index contributed by atoms with van der Waals surface area (Å²) in [6.45, 7) is 1.56. The van der Waals surface area contributed by atoms with Crippen LogP contribution in [-0.4, -0.2) is 13.4 Å². The van der Waals surface area contributed by atoms with Crippen LogP contribution in [0.4, 0.5) is 8.78 Å². The van der Waals surface area contributed by atoms with Crippen LogP contribution >= 0.6 is 22.6 Å². The van der Waals surface area contributed by atoms with E-state index in [1.165, 1.54) is 6.20 Å². The number of pyridine rings is 1. The average Bonchev–Trinajstić information content (AvgIpc) is 2.06. The highest BCUT2D eigenvalue weighted by molar-refractivity contribution is 14.1. The van der Waals surface area contributed by atoms with Crippen molar-refractivity contribution < 1.29 is 17.2 Å². The van der Waals surface area contributed by atoms with E-state index < -0.39 is 27.0 Å². The summed E-state index contributed by atoms with van der Waals surface area (Å²) in [6, 6.07) is 0. The maximum Gasteiger partial charge on any atom is 0.267 e. The van der Waals surface area contributed by atoms with E-state index in [9.17, 15) is 17.2 Å². The van der Waals surface area contributed by atoms with Crippen molar-refractivity contribution in [3.05, 3.63) is 20.9 Å². The van der Waals surface area contributed by atoms with Gasteiger partial charge in [-0.15, -0.1) is 0 Å². The van der Waals surface area contributed by atoms with Crippen LogP contribution in [-0.2, 0) is 10.0 Å². The van der Waals surface area contributed by atoms with Gasteiger partial charge in [-0.2, -0.15) is 0 Å². The maximum atomic E-state index is 12.6. The third-order valence-corrected chi connectivity index (χ3v) is 3.97. The zero-order valence-electron chi connectivity index (χ0n) is 7.54. The van der Waals surface area contributed by atoms with Crippen molar-refractivity contribution in [3.8, 4) is 0 Å². The van der Waals surface area contributed by atoms with E-state index in [1.54, 1.807) is 29.5 Å². The van der Waals surface area contributed by atoms with E-state index in [2.05, 4.69) is 4.98 Å². The van der Waals surface area contributed by atoms with Crippen molar-refractivity contribution in [3.63, 3.8) is 0 Å². The highest BCUT2D eigenvalue weighted by atomic mass is 127. The zero-order chi connectivity index (χ0) is 11.8. The minimum Gasteiger partial charge on any atom is -0.243 e. The molecule has 0 aliphatic heterocycles. The Morgan fingerprint density at radius 3 is 2.47 bits per heavy atom. The standard InChI is InChI=1S/C7H7F2IN2O2S/c1-3-2-12-7(15(11,13)14)4(5(3)10)6(8)9/h2,6H,1H3,(H2,11,13,14). The molecule has 1 heterocycles. The lowest BCUT2D eigenvalue weighted by Gasteiger charge is -2.09. The highest BCUT2D eigenvalue weighted by Gasteiger charge is 2.25. The molecule has 8 heteroatoms. The van der Waals surface area contributed by atoms with Gasteiger partial charge in [0.25, 0.3) is 16.4 Å². The first-order chi connectivity index (χ1) is 6.75. The quantitative estimate of drug-likeness (QED) is 0.825. The van der Waals surface area contributed by atoms with Crippen LogP contribution in [0, 0.1) is 10.5 Å². The molecule has 0 bridgehead atoms. The fourth-order valence-electron chi connectivity index (χ4n) is 1.00. The van der Waals surface area contributed by atoms with E-state index in [1.807, 2.05) is 0 Å². The van der Waals surface area contributed by atoms with Gasteiger partial charge in [0.15, 0.2) is 5.03 Å². The first kappa shape index (κ1) is 12.7. The number of aromatic nitrogens is 1. The molecule has 0 aliphatic carbocycles. The Bertz CT molecular complexity index is 490. The molecule has 84 valence electrons. The van der Waals surface area contributed by atoms with Crippen LogP contribution in [0.2, 0.25) is 0 Å². The summed E-state index contributed by atoms with van der Waals surface area (Å²) < 4.78 is 47.4. The fourth-order valence-corrected chi connectivity index (χ4v) is 2.51. The van der Waals surface area contributed by atoms with Crippen molar-refractivity contribution in [2.24, 2.45) is 5.14 Å². The second-order valence-electron chi connectivity index (χ2n) is 2.82. The molecule has 0 spiro atoms. The van der Waals surface area contributed by atoms with E-state index in [0.717, 1.165) is 0 Å². The first-order valence-electron chi connectivity index (χ1n) is 3.71. The van der Waals surface area contributed by atoms with Crippen molar-refractivity contribution in [1.29, 1.82) is 0 Å². The number of primary sulfonamides is 1. The Hall–Kier alpha value is -0.350. The second kappa shape index (κ2) is 4.26. The van der Waals surface area contributed by atoms with Gasteiger partial charge in [0.05, 0.1) is 5.56 Å². The normalized spacial score (nSPS) is 12.1. The fraction of sp³-hybridized carbons (Fsp3) is 0.286. The summed E-state index contributed by atoms with van der Waals surface area (Å²) in [7, 11) is -4.21. The Kier molecular flexibility index (Phi) is 3.61. The summed E-state index contributed by atoms with van der Waals surface area (Å²) >= 11 is 1.65. The van der Waals surface area contributed by atoms with Crippen LogP contribution in [0.15, 0.2) is 11.2 Å². The molecule has 2 N–H and O–H groups in total. The van der Waals surface area contributed by atoms with Crippen LogP contribution < -0.4 is 5.14 Å². The topological polar surface area (TPSA) is 73.0 Å². The molecule has 0 aliphatic rings. The van der Waals surface area contributed by atoms with E-state index in [4.69, 9.17) is 5.14 Å². The number of halogens is 3. The largest absolute Gasteiger partial charge is 0.267 e. The lowest BCUT2D eigenvalue weighted by Crippen LogP contribution is -2.18. The van der Waals surface area contributed by atoms with Gasteiger partial charge in [0.2, 0.25) is 0 Å². The number of nitrogens with two attached hydrogens (primary N) is 1. The smallest absolute Gasteiger partial charge is 0.243 e. The van der Waals surface area contributed by atoms with Gasteiger partial charge in [-0.25, -0.2) is 27.3 Å². The van der Waals surface area contributed by atoms with Gasteiger partial charge in [-0.05, 0) is 35.1 Å². The number of sulfonamides is 1. The van der Waals surface area contributed by atoms with Gasteiger partial charge in [-0.3, -0.25) is 0 Å². The molecule has 0 fully saturated rings. The number of aryl methyl sites for hydroxylation is 1. The molecule has 0 aromatic carbocycles. The summed E-state index contributed by atoms with van der Waals surface area (Å²) in [6.07, 6.45) is -1.72. The van der Waals surface area contributed by atoms with Gasteiger partial charge < -0.3 is 0 Å². The van der Waals surface area contributed by atoms with E-state index in [-0.39, 0.29) is 3.57 Å². The third-order valence-electron chi connectivity index (χ3n) is 1.68. The molecule has 4 nitrogen and oxygen atoms in total. The zero-order valence-corrected chi connectivity index (χ0v) is 10.5. The summed E-state index contributed by atoms with van der Waals surface area (Å²) in [5, 5.41) is 4.03. The van der Waals surface area contributed by atoms with Crippen molar-refractivity contribution in [2.45, 2.75) is 18.4 Å². The van der Waals surface area contributed by atoms with Crippen molar-refractivity contribution in [1.82, 2.24) is 4.98 Å². The highest BCUT2D eigenvalue weighted by Crippen LogP contribution is 2.30. The van der Waals surface area contributed by atoms with Crippen LogP contribution in [0.3, 0.4) is 0 Å². The molecule has 0 radical (unpaired) electrons. The van der Waals surface area contributed by atoms with Crippen molar-refractivity contribution >= 4 is 32.6 Å². The molecule has 0 amide bonds. The second-order valence-corrected chi connectivity index (χ2v) is 5.38. The Labute approximate surface area is 99.1 Å². The van der Waals surface area contributed by atoms with Gasteiger partial charge in [0.1, 0.15) is 0 Å². The van der Waals surface area contributed by atoms with Crippen LogP contribution in [0.1, 0.15) is 17.6 Å². The molecule has 0 atom stereocenters. The molecule has 1 rings (SSSR count). The van der Waals surface area contributed by atoms with Crippen LogP contribution in [0.5, 0.6) is 0 Å². The molecule has 1 aromatic heterocycles. The van der Waals surface area contributed by atoms with Gasteiger partial charge in [0, 0.05) is 9.77 Å². The Morgan fingerprint density at radius 2 is 2.07 bits per heavy atom. The molecule has 0 unspecified atom stereocenters. The number of alkyl halides is 2. The SMILES string of the molecule is Cc1cnc(S(N)(=O)=O)c(C(F)F)c1I. The minimum atomic E-state index is -4.21. The van der Waals surface area contributed by atoms with E-state index >= 15 is 0 Å².